The quantitative estimate of drug-likeness (QED) is 0.244. The molecule has 0 saturated carbocycles. The van der Waals surface area contributed by atoms with Gasteiger partial charge in [0, 0.05) is 37.8 Å². The number of nitriles is 1. The van der Waals surface area contributed by atoms with E-state index in [4.69, 9.17) is 16.9 Å². The first-order valence-electron chi connectivity index (χ1n) is 8.85. The topological polar surface area (TPSA) is 124 Å². The molecule has 10 heteroatoms. The van der Waals surface area contributed by atoms with Gasteiger partial charge in [-0.25, -0.2) is 0 Å². The van der Waals surface area contributed by atoms with Crippen molar-refractivity contribution in [2.45, 2.75) is 13.3 Å². The second-order valence-corrected chi connectivity index (χ2v) is 6.53. The summed E-state index contributed by atoms with van der Waals surface area (Å²) < 4.78 is 0. The second kappa shape index (κ2) is 10.7. The van der Waals surface area contributed by atoms with Gasteiger partial charge in [0.25, 0.3) is 5.69 Å². The normalized spacial score (nSPS) is 10.4. The molecule has 0 saturated heterocycles. The number of non-ortho nitro benzene ring substituents is 1. The number of nitro benzene ring substituents is 1. The van der Waals surface area contributed by atoms with Crippen LogP contribution in [0.2, 0.25) is 5.02 Å². The number of nitro groups is 1. The lowest BCUT2D eigenvalue weighted by atomic mass is 10.2. The summed E-state index contributed by atoms with van der Waals surface area (Å²) in [5.74, 6) is -0.288. The fourth-order valence-corrected chi connectivity index (χ4v) is 2.78. The molecule has 0 aliphatic rings. The van der Waals surface area contributed by atoms with Crippen LogP contribution in [0.5, 0.6) is 0 Å². The predicted molar refractivity (Wildman–Crippen MR) is 116 cm³/mol. The van der Waals surface area contributed by atoms with Crippen molar-refractivity contribution in [3.05, 3.63) is 64.2 Å². The van der Waals surface area contributed by atoms with Crippen LogP contribution in [0.4, 0.5) is 28.4 Å². The maximum Gasteiger partial charge on any atom is 0.271 e. The molecule has 0 aliphatic carbocycles. The minimum atomic E-state index is -0.554. The van der Waals surface area contributed by atoms with E-state index in [9.17, 15) is 14.9 Å². The van der Waals surface area contributed by atoms with E-state index in [0.29, 0.717) is 30.9 Å². The number of nitrogens with zero attached hydrogens (tertiary/aromatic N) is 5. The van der Waals surface area contributed by atoms with Crippen LogP contribution in [-0.2, 0) is 4.79 Å². The van der Waals surface area contributed by atoms with Gasteiger partial charge in [0.15, 0.2) is 0 Å². The number of hydrogen-bond donors (Lipinski definition) is 1. The molecule has 1 amide bonds. The summed E-state index contributed by atoms with van der Waals surface area (Å²) in [5, 5.41) is 30.7. The Morgan fingerprint density at radius 3 is 2.63 bits per heavy atom. The van der Waals surface area contributed by atoms with Gasteiger partial charge in [0.05, 0.1) is 28.1 Å². The fourth-order valence-electron chi connectivity index (χ4n) is 2.56. The Kier molecular flexibility index (Phi) is 8.02. The Balaban J connectivity index is 2.38. The molecule has 9 nitrogen and oxygen atoms in total. The standard InChI is InChI=1S/C20H19ClN6O3/c1-3-10-26(11-4-9-22)15-5-8-19(20(13-15)23-14(2)28)25-24-18-7-6-16(27(29)30)12-17(18)21/h3,5-8,12-13H,1,4,10-11H2,2H3,(H,23,28). The maximum atomic E-state index is 11.6. The van der Waals surface area contributed by atoms with Crippen LogP contribution >= 0.6 is 11.6 Å². The van der Waals surface area contributed by atoms with Gasteiger partial charge in [0.1, 0.15) is 11.4 Å². The molecule has 0 radical (unpaired) electrons. The fraction of sp³-hybridized carbons (Fsp3) is 0.200. The minimum Gasteiger partial charge on any atom is -0.367 e. The lowest BCUT2D eigenvalue weighted by Crippen LogP contribution is -2.24. The average Bonchev–Trinajstić information content (AvgIpc) is 2.70. The first-order chi connectivity index (χ1) is 14.3. The molecule has 154 valence electrons. The van der Waals surface area contributed by atoms with Gasteiger partial charge < -0.3 is 10.2 Å². The van der Waals surface area contributed by atoms with Crippen molar-refractivity contribution in [1.29, 1.82) is 5.26 Å². The van der Waals surface area contributed by atoms with Gasteiger partial charge in [-0.05, 0) is 24.3 Å². The largest absolute Gasteiger partial charge is 0.367 e. The monoisotopic (exact) mass is 426 g/mol. The van der Waals surface area contributed by atoms with Crippen LogP contribution in [0, 0.1) is 21.4 Å². The highest BCUT2D eigenvalue weighted by Gasteiger charge is 2.12. The van der Waals surface area contributed by atoms with E-state index in [1.54, 1.807) is 24.3 Å². The summed E-state index contributed by atoms with van der Waals surface area (Å²) in [6, 6.07) is 11.2. The van der Waals surface area contributed by atoms with E-state index in [0.717, 1.165) is 5.69 Å². The van der Waals surface area contributed by atoms with Gasteiger partial charge in [-0.3, -0.25) is 14.9 Å². The molecule has 2 rings (SSSR count). The smallest absolute Gasteiger partial charge is 0.271 e. The third kappa shape index (κ3) is 6.12. The Morgan fingerprint density at radius 2 is 2.03 bits per heavy atom. The number of halogens is 1. The number of carbonyl (C=O) groups is 1. The van der Waals surface area contributed by atoms with Gasteiger partial charge in [0.2, 0.25) is 5.91 Å². The van der Waals surface area contributed by atoms with Crippen LogP contribution in [0.1, 0.15) is 13.3 Å². The number of nitrogens with one attached hydrogen (secondary N) is 1. The third-order valence-electron chi connectivity index (χ3n) is 3.91. The summed E-state index contributed by atoms with van der Waals surface area (Å²) in [6.07, 6.45) is 2.06. The van der Waals surface area contributed by atoms with E-state index < -0.39 is 4.92 Å². The van der Waals surface area contributed by atoms with E-state index in [1.807, 2.05) is 4.90 Å². The summed E-state index contributed by atoms with van der Waals surface area (Å²) in [4.78, 5) is 23.8. The summed E-state index contributed by atoms with van der Waals surface area (Å²) in [5.41, 5.74) is 1.68. The Morgan fingerprint density at radius 1 is 1.33 bits per heavy atom. The van der Waals surface area contributed by atoms with Gasteiger partial charge in [-0.1, -0.05) is 17.7 Å². The lowest BCUT2D eigenvalue weighted by Gasteiger charge is -2.23. The van der Waals surface area contributed by atoms with Crippen LogP contribution < -0.4 is 10.2 Å². The van der Waals surface area contributed by atoms with Crippen molar-refractivity contribution in [1.82, 2.24) is 0 Å². The van der Waals surface area contributed by atoms with Gasteiger partial charge in [-0.15, -0.1) is 16.8 Å². The molecule has 2 aromatic carbocycles. The number of carbonyl (C=O) groups excluding carboxylic acids is 1. The lowest BCUT2D eigenvalue weighted by molar-refractivity contribution is -0.384. The molecule has 0 unspecified atom stereocenters. The number of amides is 1. The van der Waals surface area contributed by atoms with E-state index in [2.05, 4.69) is 28.2 Å². The molecule has 0 aliphatic heterocycles. The van der Waals surface area contributed by atoms with Gasteiger partial charge >= 0.3 is 0 Å². The minimum absolute atomic E-state index is 0.0827. The third-order valence-corrected chi connectivity index (χ3v) is 4.21. The molecule has 0 spiro atoms. The molecule has 0 fully saturated rings. The van der Waals surface area contributed by atoms with Crippen molar-refractivity contribution in [2.24, 2.45) is 10.2 Å². The van der Waals surface area contributed by atoms with Crippen molar-refractivity contribution < 1.29 is 9.72 Å². The van der Waals surface area contributed by atoms with Crippen molar-refractivity contribution in [3.8, 4) is 6.07 Å². The van der Waals surface area contributed by atoms with E-state index in [-0.39, 0.29) is 22.3 Å². The number of anilines is 2. The Hall–Kier alpha value is -3.77. The second-order valence-electron chi connectivity index (χ2n) is 6.12. The Bertz CT molecular complexity index is 1030. The zero-order valence-corrected chi connectivity index (χ0v) is 17.0. The molecule has 0 aromatic heterocycles. The predicted octanol–water partition coefficient (Wildman–Crippen LogP) is 5.53. The van der Waals surface area contributed by atoms with Crippen molar-refractivity contribution in [2.75, 3.05) is 23.3 Å². The Labute approximate surface area is 178 Å². The van der Waals surface area contributed by atoms with Crippen molar-refractivity contribution in [3.63, 3.8) is 0 Å². The highest BCUT2D eigenvalue weighted by molar-refractivity contribution is 6.33. The molecule has 0 bridgehead atoms. The summed E-state index contributed by atoms with van der Waals surface area (Å²) >= 11 is 6.04. The maximum absolute atomic E-state index is 11.6. The highest BCUT2D eigenvalue weighted by atomic mass is 35.5. The zero-order valence-electron chi connectivity index (χ0n) is 16.2. The highest BCUT2D eigenvalue weighted by Crippen LogP contribution is 2.34. The van der Waals surface area contributed by atoms with Crippen LogP contribution in [0.15, 0.2) is 59.3 Å². The van der Waals surface area contributed by atoms with E-state index >= 15 is 0 Å². The van der Waals surface area contributed by atoms with Gasteiger partial charge in [-0.2, -0.15) is 5.26 Å². The number of azo groups is 1. The van der Waals surface area contributed by atoms with E-state index in [1.165, 1.54) is 25.1 Å². The molecular weight excluding hydrogens is 408 g/mol. The van der Waals surface area contributed by atoms with Crippen LogP contribution in [-0.4, -0.2) is 23.9 Å². The van der Waals surface area contributed by atoms with Crippen LogP contribution in [0.3, 0.4) is 0 Å². The molecule has 2 aromatic rings. The first-order valence-corrected chi connectivity index (χ1v) is 9.23. The molecular formula is C20H19ClN6O3. The molecule has 30 heavy (non-hydrogen) atoms. The molecule has 0 atom stereocenters. The van der Waals surface area contributed by atoms with Crippen molar-refractivity contribution >= 4 is 45.9 Å². The SMILES string of the molecule is C=CCN(CCC#N)c1ccc(N=Nc2ccc([N+](=O)[O-])cc2Cl)c(NC(C)=O)c1. The molecule has 1 N–H and O–H groups in total. The molecule has 0 heterocycles. The summed E-state index contributed by atoms with van der Waals surface area (Å²) in [7, 11) is 0. The number of hydrogen-bond acceptors (Lipinski definition) is 7. The number of benzene rings is 2. The average molecular weight is 427 g/mol. The zero-order chi connectivity index (χ0) is 22.1. The number of rotatable bonds is 9. The summed E-state index contributed by atoms with van der Waals surface area (Å²) in [6.45, 7) is 6.13. The first kappa shape index (κ1) is 22.5. The van der Waals surface area contributed by atoms with Crippen LogP contribution in [0.25, 0.3) is 0 Å².